The molecule has 1 amide bonds. The average Bonchev–Trinajstić information content (AvgIpc) is 3.22. The van der Waals surface area contributed by atoms with Crippen LogP contribution in [-0.4, -0.2) is 74.1 Å². The van der Waals surface area contributed by atoms with Crippen molar-refractivity contribution in [2.24, 2.45) is 10.9 Å². The molecule has 1 aromatic carbocycles. The predicted molar refractivity (Wildman–Crippen MR) is 140 cm³/mol. The number of carbonyl (C=O) groups is 1. The van der Waals surface area contributed by atoms with Gasteiger partial charge in [-0.2, -0.15) is 0 Å². The van der Waals surface area contributed by atoms with Crippen LogP contribution in [0.4, 0.5) is 0 Å². The highest BCUT2D eigenvalue weighted by atomic mass is 127. The second-order valence-electron chi connectivity index (χ2n) is 8.93. The zero-order valence-corrected chi connectivity index (χ0v) is 22.1. The maximum Gasteiger partial charge on any atom is 0.223 e. The third kappa shape index (κ3) is 8.19. The molecule has 1 unspecified atom stereocenters. The Hall–Kier alpha value is -1.39. The minimum absolute atomic E-state index is 0. The molecule has 180 valence electrons. The van der Waals surface area contributed by atoms with Gasteiger partial charge in [0.05, 0.1) is 13.2 Å². The largest absolute Gasteiger partial charge is 0.379 e. The van der Waals surface area contributed by atoms with Gasteiger partial charge in [-0.3, -0.25) is 14.7 Å². The summed E-state index contributed by atoms with van der Waals surface area (Å²) >= 11 is 0. The molecule has 0 aliphatic carbocycles. The Balaban J connectivity index is 0.00000363. The number of halogens is 1. The topological polar surface area (TPSA) is 69.2 Å². The van der Waals surface area contributed by atoms with E-state index < -0.39 is 0 Å². The summed E-state index contributed by atoms with van der Waals surface area (Å²) in [7, 11) is 1.80. The SMILES string of the molecule is CN=C(NCCCC(=O)N1Cc2ccccc2C1)NCC(CC(C)C)N1CCOCC1.I. The predicted octanol–water partition coefficient (Wildman–Crippen LogP) is 2.84. The number of rotatable bonds is 9. The fourth-order valence-corrected chi connectivity index (χ4v) is 4.40. The molecule has 2 aliphatic heterocycles. The summed E-state index contributed by atoms with van der Waals surface area (Å²) in [4.78, 5) is 21.4. The molecule has 7 nitrogen and oxygen atoms in total. The Morgan fingerprint density at radius 2 is 1.78 bits per heavy atom. The molecule has 0 aromatic heterocycles. The molecule has 0 saturated carbocycles. The fraction of sp³-hybridized carbons (Fsp3) is 0.667. The van der Waals surface area contributed by atoms with E-state index in [1.54, 1.807) is 7.05 Å². The van der Waals surface area contributed by atoms with Crippen molar-refractivity contribution in [2.75, 3.05) is 46.4 Å². The first kappa shape index (κ1) is 26.9. The summed E-state index contributed by atoms with van der Waals surface area (Å²) in [5, 5.41) is 6.86. The number of carbonyl (C=O) groups excluding carboxylic acids is 1. The van der Waals surface area contributed by atoms with E-state index in [2.05, 4.69) is 46.5 Å². The van der Waals surface area contributed by atoms with E-state index in [1.807, 2.05) is 17.0 Å². The summed E-state index contributed by atoms with van der Waals surface area (Å²) in [6.07, 6.45) is 2.50. The molecule has 2 N–H and O–H groups in total. The second-order valence-corrected chi connectivity index (χ2v) is 8.93. The summed E-state index contributed by atoms with van der Waals surface area (Å²) < 4.78 is 5.51. The van der Waals surface area contributed by atoms with Gasteiger partial charge in [-0.05, 0) is 29.9 Å². The molecule has 0 spiro atoms. The van der Waals surface area contributed by atoms with Gasteiger partial charge in [0.25, 0.3) is 0 Å². The van der Waals surface area contributed by atoms with Crippen molar-refractivity contribution in [1.29, 1.82) is 0 Å². The lowest BCUT2D eigenvalue weighted by molar-refractivity contribution is -0.131. The number of ether oxygens (including phenoxy) is 1. The quantitative estimate of drug-likeness (QED) is 0.212. The first-order valence-corrected chi connectivity index (χ1v) is 11.7. The third-order valence-corrected chi connectivity index (χ3v) is 6.09. The molecule has 0 radical (unpaired) electrons. The maximum atomic E-state index is 12.6. The van der Waals surface area contributed by atoms with Crippen LogP contribution in [-0.2, 0) is 22.6 Å². The number of hydrogen-bond donors (Lipinski definition) is 2. The minimum Gasteiger partial charge on any atom is -0.379 e. The highest BCUT2D eigenvalue weighted by Gasteiger charge is 2.23. The Kier molecular flexibility index (Phi) is 11.7. The second kappa shape index (κ2) is 14.0. The summed E-state index contributed by atoms with van der Waals surface area (Å²) in [6.45, 7) is 11.2. The lowest BCUT2D eigenvalue weighted by Crippen LogP contribution is -2.51. The van der Waals surface area contributed by atoms with Gasteiger partial charge in [0.2, 0.25) is 5.91 Å². The zero-order valence-electron chi connectivity index (χ0n) is 19.8. The molecule has 1 aromatic rings. The first-order chi connectivity index (χ1) is 15.1. The number of hydrogen-bond acceptors (Lipinski definition) is 4. The van der Waals surface area contributed by atoms with Crippen molar-refractivity contribution in [2.45, 2.75) is 52.2 Å². The van der Waals surface area contributed by atoms with Gasteiger partial charge < -0.3 is 20.3 Å². The highest BCUT2D eigenvalue weighted by Crippen LogP contribution is 2.22. The molecule has 2 aliphatic rings. The normalized spacial score (nSPS) is 17.6. The lowest BCUT2D eigenvalue weighted by atomic mass is 10.0. The number of nitrogens with one attached hydrogen (secondary N) is 2. The molecule has 8 heteroatoms. The van der Waals surface area contributed by atoms with Gasteiger partial charge in [0, 0.05) is 58.8 Å². The third-order valence-electron chi connectivity index (χ3n) is 6.09. The summed E-state index contributed by atoms with van der Waals surface area (Å²) in [5.41, 5.74) is 2.55. The number of aliphatic imine (C=N–C) groups is 1. The van der Waals surface area contributed by atoms with Crippen LogP contribution in [0.15, 0.2) is 29.3 Å². The van der Waals surface area contributed by atoms with Crippen LogP contribution in [0.2, 0.25) is 0 Å². The van der Waals surface area contributed by atoms with E-state index in [4.69, 9.17) is 4.74 Å². The fourth-order valence-electron chi connectivity index (χ4n) is 4.40. The lowest BCUT2D eigenvalue weighted by Gasteiger charge is -2.35. The van der Waals surface area contributed by atoms with E-state index in [1.165, 1.54) is 11.1 Å². The first-order valence-electron chi connectivity index (χ1n) is 11.7. The van der Waals surface area contributed by atoms with Crippen molar-refractivity contribution < 1.29 is 9.53 Å². The van der Waals surface area contributed by atoms with E-state index >= 15 is 0 Å². The zero-order chi connectivity index (χ0) is 22.1. The molecule has 1 fully saturated rings. The van der Waals surface area contributed by atoms with Gasteiger partial charge in [0.15, 0.2) is 5.96 Å². The number of morpholine rings is 1. The van der Waals surface area contributed by atoms with Gasteiger partial charge in [-0.25, -0.2) is 0 Å². The number of nitrogens with zero attached hydrogens (tertiary/aromatic N) is 3. The van der Waals surface area contributed by atoms with Gasteiger partial charge in [0.1, 0.15) is 0 Å². The van der Waals surface area contributed by atoms with Gasteiger partial charge in [-0.15, -0.1) is 24.0 Å². The van der Waals surface area contributed by atoms with Crippen LogP contribution in [0.1, 0.15) is 44.2 Å². The smallest absolute Gasteiger partial charge is 0.223 e. The Labute approximate surface area is 210 Å². The molecule has 3 rings (SSSR count). The molecule has 2 heterocycles. The van der Waals surface area contributed by atoms with Crippen LogP contribution < -0.4 is 10.6 Å². The van der Waals surface area contributed by atoms with Crippen molar-refractivity contribution in [3.8, 4) is 0 Å². The molecular formula is C24H40IN5O2. The van der Waals surface area contributed by atoms with Crippen molar-refractivity contribution >= 4 is 35.8 Å². The summed E-state index contributed by atoms with van der Waals surface area (Å²) in [5.74, 6) is 1.68. The molecule has 0 bridgehead atoms. The van der Waals surface area contributed by atoms with Crippen molar-refractivity contribution in [1.82, 2.24) is 20.4 Å². The van der Waals surface area contributed by atoms with Gasteiger partial charge in [-0.1, -0.05) is 38.1 Å². The molecule has 1 saturated heterocycles. The van der Waals surface area contributed by atoms with Crippen LogP contribution in [0.25, 0.3) is 0 Å². The maximum absolute atomic E-state index is 12.6. The van der Waals surface area contributed by atoms with Crippen molar-refractivity contribution in [3.05, 3.63) is 35.4 Å². The standard InChI is InChI=1S/C24H39N5O2.HI/c1-19(2)15-22(28-11-13-31-14-12-28)16-27-24(25-3)26-10-6-9-23(30)29-17-20-7-4-5-8-21(20)18-29;/h4-5,7-8,19,22H,6,9-18H2,1-3H3,(H2,25,26,27);1H. The Morgan fingerprint density at radius 1 is 1.12 bits per heavy atom. The Morgan fingerprint density at radius 3 is 2.38 bits per heavy atom. The molecule has 32 heavy (non-hydrogen) atoms. The number of amides is 1. The Bertz CT molecular complexity index is 712. The van der Waals surface area contributed by atoms with Crippen molar-refractivity contribution in [3.63, 3.8) is 0 Å². The van der Waals surface area contributed by atoms with Crippen LogP contribution in [0.5, 0.6) is 0 Å². The number of fused-ring (bicyclic) bond motifs is 1. The number of guanidine groups is 1. The van der Waals surface area contributed by atoms with Crippen LogP contribution >= 0.6 is 24.0 Å². The molecule has 1 atom stereocenters. The van der Waals surface area contributed by atoms with E-state index in [0.717, 1.165) is 71.3 Å². The van der Waals surface area contributed by atoms with Crippen LogP contribution in [0, 0.1) is 5.92 Å². The van der Waals surface area contributed by atoms with E-state index in [9.17, 15) is 4.79 Å². The van der Waals surface area contributed by atoms with E-state index in [0.29, 0.717) is 18.4 Å². The number of benzene rings is 1. The average molecular weight is 558 g/mol. The monoisotopic (exact) mass is 557 g/mol. The molecular weight excluding hydrogens is 517 g/mol. The van der Waals surface area contributed by atoms with Gasteiger partial charge >= 0.3 is 0 Å². The highest BCUT2D eigenvalue weighted by molar-refractivity contribution is 14.0. The summed E-state index contributed by atoms with van der Waals surface area (Å²) in [6, 6.07) is 8.79. The minimum atomic E-state index is 0. The van der Waals surface area contributed by atoms with Crippen LogP contribution in [0.3, 0.4) is 0 Å². The van der Waals surface area contributed by atoms with E-state index in [-0.39, 0.29) is 29.9 Å².